The Bertz CT molecular complexity index is 868. The van der Waals surface area contributed by atoms with Gasteiger partial charge < -0.3 is 18.9 Å². The van der Waals surface area contributed by atoms with Crippen molar-refractivity contribution in [2.24, 2.45) is 0 Å². The van der Waals surface area contributed by atoms with Gasteiger partial charge in [-0.15, -0.1) is 0 Å². The first-order valence-corrected chi connectivity index (χ1v) is 9.44. The maximum absolute atomic E-state index is 13.0. The molecular weight excluding hydrogens is 372 g/mol. The summed E-state index contributed by atoms with van der Waals surface area (Å²) in [6.07, 6.45) is 4.04. The van der Waals surface area contributed by atoms with Crippen LogP contribution in [0.2, 0.25) is 0 Å². The van der Waals surface area contributed by atoms with E-state index >= 15 is 0 Å². The van der Waals surface area contributed by atoms with Crippen LogP contribution in [0.15, 0.2) is 42.5 Å². The third-order valence-corrected chi connectivity index (χ3v) is 4.04. The van der Waals surface area contributed by atoms with Crippen LogP contribution in [0.25, 0.3) is 6.08 Å². The first kappa shape index (κ1) is 22.0. The molecule has 6 nitrogen and oxygen atoms in total. The lowest BCUT2D eigenvalue weighted by Gasteiger charge is -2.15. The van der Waals surface area contributed by atoms with Gasteiger partial charge in [-0.3, -0.25) is 9.59 Å². The lowest BCUT2D eigenvalue weighted by Crippen LogP contribution is -2.11. The van der Waals surface area contributed by atoms with Crippen molar-refractivity contribution in [1.29, 1.82) is 0 Å². The highest BCUT2D eigenvalue weighted by Gasteiger charge is 2.21. The number of rotatable bonds is 10. The quantitative estimate of drug-likeness (QED) is 0.250. The number of ether oxygens (including phenoxy) is 4. The molecular formula is C23H26O6. The van der Waals surface area contributed by atoms with Crippen molar-refractivity contribution in [2.45, 2.75) is 26.7 Å². The van der Waals surface area contributed by atoms with Gasteiger partial charge in [0, 0.05) is 18.6 Å². The third kappa shape index (κ3) is 6.10. The fraction of sp³-hybridized carbons (Fsp3) is 0.304. The van der Waals surface area contributed by atoms with Gasteiger partial charge in [0.15, 0.2) is 5.78 Å². The number of carbonyl (C=O) groups excluding carboxylic acids is 2. The molecule has 2 aromatic rings. The van der Waals surface area contributed by atoms with E-state index in [1.165, 1.54) is 19.3 Å². The first-order valence-electron chi connectivity index (χ1n) is 9.44. The monoisotopic (exact) mass is 398 g/mol. The van der Waals surface area contributed by atoms with Gasteiger partial charge in [0.1, 0.15) is 28.6 Å². The lowest BCUT2D eigenvalue weighted by molar-refractivity contribution is -0.134. The summed E-state index contributed by atoms with van der Waals surface area (Å²) in [4.78, 5) is 24.9. The summed E-state index contributed by atoms with van der Waals surface area (Å²) in [7, 11) is 3.09. The van der Waals surface area contributed by atoms with Crippen molar-refractivity contribution >= 4 is 17.8 Å². The van der Waals surface area contributed by atoms with Crippen LogP contribution in [-0.4, -0.2) is 32.6 Å². The predicted molar refractivity (Wildman–Crippen MR) is 111 cm³/mol. The van der Waals surface area contributed by atoms with Crippen molar-refractivity contribution in [3.8, 4) is 23.0 Å². The Morgan fingerprint density at radius 2 is 1.59 bits per heavy atom. The summed E-state index contributed by atoms with van der Waals surface area (Å²) >= 11 is 0. The van der Waals surface area contributed by atoms with E-state index in [0.29, 0.717) is 18.1 Å². The molecule has 0 aliphatic carbocycles. The van der Waals surface area contributed by atoms with E-state index in [-0.39, 0.29) is 23.5 Å². The average molecular weight is 398 g/mol. The third-order valence-electron chi connectivity index (χ3n) is 4.04. The summed E-state index contributed by atoms with van der Waals surface area (Å²) < 4.78 is 21.5. The van der Waals surface area contributed by atoms with Gasteiger partial charge in [0.25, 0.3) is 0 Å². The Kier molecular flexibility index (Phi) is 8.27. The Labute approximate surface area is 171 Å². The lowest BCUT2D eigenvalue weighted by atomic mass is 10.1. The van der Waals surface area contributed by atoms with Crippen LogP contribution in [-0.2, 0) is 4.79 Å². The van der Waals surface area contributed by atoms with Gasteiger partial charge in [-0.25, -0.2) is 0 Å². The molecule has 0 unspecified atom stereocenters. The van der Waals surface area contributed by atoms with Crippen molar-refractivity contribution in [3.63, 3.8) is 0 Å². The first-order chi connectivity index (χ1) is 14.0. The normalized spacial score (nSPS) is 10.6. The molecule has 0 radical (unpaired) electrons. The molecule has 154 valence electrons. The largest absolute Gasteiger partial charge is 0.497 e. The fourth-order valence-electron chi connectivity index (χ4n) is 2.50. The van der Waals surface area contributed by atoms with Crippen LogP contribution in [0.4, 0.5) is 0 Å². The second-order valence-electron chi connectivity index (χ2n) is 6.15. The van der Waals surface area contributed by atoms with Crippen LogP contribution in [0.5, 0.6) is 23.0 Å². The second kappa shape index (κ2) is 10.9. The van der Waals surface area contributed by atoms with Crippen LogP contribution >= 0.6 is 0 Å². The number of benzene rings is 2. The maximum Gasteiger partial charge on any atom is 0.310 e. The molecule has 0 saturated carbocycles. The Hall–Kier alpha value is -3.28. The van der Waals surface area contributed by atoms with E-state index in [2.05, 4.69) is 0 Å². The predicted octanol–water partition coefficient (Wildman–Crippen LogP) is 4.70. The molecule has 0 N–H and O–H groups in total. The van der Waals surface area contributed by atoms with Crippen LogP contribution < -0.4 is 18.9 Å². The average Bonchev–Trinajstić information content (AvgIpc) is 2.75. The van der Waals surface area contributed by atoms with Gasteiger partial charge in [0.05, 0.1) is 20.8 Å². The molecule has 29 heavy (non-hydrogen) atoms. The van der Waals surface area contributed by atoms with E-state index in [1.807, 2.05) is 31.2 Å². The van der Waals surface area contributed by atoms with Crippen molar-refractivity contribution in [1.82, 2.24) is 0 Å². The minimum Gasteiger partial charge on any atom is -0.497 e. The number of allylic oxidation sites excluding steroid dienone is 1. The summed E-state index contributed by atoms with van der Waals surface area (Å²) in [6.45, 7) is 4.06. The fourth-order valence-corrected chi connectivity index (χ4v) is 2.50. The summed E-state index contributed by atoms with van der Waals surface area (Å²) in [6, 6.07) is 10.4. The Morgan fingerprint density at radius 1 is 0.931 bits per heavy atom. The minimum absolute atomic E-state index is 0.117. The standard InChI is InChI=1S/C23H26O6/c1-5-13-28-20-14-18(27-4)15-21(29-22(25)6-2)23(20)19(24)12-9-16-7-10-17(26-3)11-8-16/h7-12,14-15H,5-6,13H2,1-4H3. The van der Waals surface area contributed by atoms with E-state index < -0.39 is 5.97 Å². The zero-order chi connectivity index (χ0) is 21.2. The van der Waals surface area contributed by atoms with E-state index in [4.69, 9.17) is 18.9 Å². The van der Waals surface area contributed by atoms with Crippen molar-refractivity contribution in [2.75, 3.05) is 20.8 Å². The highest BCUT2D eigenvalue weighted by molar-refractivity contribution is 6.11. The zero-order valence-electron chi connectivity index (χ0n) is 17.2. The van der Waals surface area contributed by atoms with Gasteiger partial charge in [-0.2, -0.15) is 0 Å². The van der Waals surface area contributed by atoms with E-state index in [1.54, 1.807) is 26.2 Å². The van der Waals surface area contributed by atoms with Gasteiger partial charge in [0.2, 0.25) is 0 Å². The highest BCUT2D eigenvalue weighted by atomic mass is 16.5. The number of methoxy groups -OCH3 is 2. The number of hydrogen-bond acceptors (Lipinski definition) is 6. The summed E-state index contributed by atoms with van der Waals surface area (Å²) in [5.41, 5.74) is 1.02. The molecule has 0 fully saturated rings. The maximum atomic E-state index is 13.0. The van der Waals surface area contributed by atoms with Crippen molar-refractivity contribution < 1.29 is 28.5 Å². The molecule has 0 bridgehead atoms. The summed E-state index contributed by atoms with van der Waals surface area (Å²) in [5.74, 6) is 0.806. The molecule has 0 saturated heterocycles. The van der Waals surface area contributed by atoms with Gasteiger partial charge >= 0.3 is 5.97 Å². The molecule has 0 heterocycles. The van der Waals surface area contributed by atoms with Gasteiger partial charge in [-0.05, 0) is 30.2 Å². The number of ketones is 1. The van der Waals surface area contributed by atoms with Crippen LogP contribution in [0.1, 0.15) is 42.6 Å². The van der Waals surface area contributed by atoms with Crippen LogP contribution in [0, 0.1) is 0 Å². The second-order valence-corrected chi connectivity index (χ2v) is 6.15. The minimum atomic E-state index is -0.451. The van der Waals surface area contributed by atoms with Crippen LogP contribution in [0.3, 0.4) is 0 Å². The molecule has 2 rings (SSSR count). The number of carbonyl (C=O) groups is 2. The molecule has 0 spiro atoms. The highest BCUT2D eigenvalue weighted by Crippen LogP contribution is 2.35. The summed E-state index contributed by atoms with van der Waals surface area (Å²) in [5, 5.41) is 0. The number of esters is 1. The van der Waals surface area contributed by atoms with Gasteiger partial charge in [-0.1, -0.05) is 32.1 Å². The Balaban J connectivity index is 2.42. The van der Waals surface area contributed by atoms with E-state index in [0.717, 1.165) is 17.7 Å². The SMILES string of the molecule is CCCOc1cc(OC)cc(OC(=O)CC)c1C(=O)C=Cc1ccc(OC)cc1. The zero-order valence-corrected chi connectivity index (χ0v) is 17.2. The van der Waals surface area contributed by atoms with Crippen molar-refractivity contribution in [3.05, 3.63) is 53.6 Å². The molecule has 0 aliphatic rings. The molecule has 0 atom stereocenters. The smallest absolute Gasteiger partial charge is 0.310 e. The van der Waals surface area contributed by atoms with E-state index in [9.17, 15) is 9.59 Å². The molecule has 6 heteroatoms. The molecule has 0 amide bonds. The molecule has 0 aromatic heterocycles. The topological polar surface area (TPSA) is 71.1 Å². The number of hydrogen-bond donors (Lipinski definition) is 0. The molecule has 0 aliphatic heterocycles. The Morgan fingerprint density at radius 3 is 2.17 bits per heavy atom. The molecule has 2 aromatic carbocycles.